The van der Waals surface area contributed by atoms with Gasteiger partial charge in [-0.05, 0) is 25.1 Å². The summed E-state index contributed by atoms with van der Waals surface area (Å²) < 4.78 is 33.3. The number of sulfonamides is 1. The Labute approximate surface area is 147 Å². The summed E-state index contributed by atoms with van der Waals surface area (Å²) in [6.07, 6.45) is 2.77. The second-order valence-corrected chi connectivity index (χ2v) is 7.42. The maximum atomic E-state index is 12.6. The number of nitrogens with zero attached hydrogens (tertiary/aromatic N) is 1. The van der Waals surface area contributed by atoms with Crippen molar-refractivity contribution in [2.45, 2.75) is 24.3 Å². The van der Waals surface area contributed by atoms with E-state index in [9.17, 15) is 18.3 Å². The van der Waals surface area contributed by atoms with Crippen LogP contribution in [0.4, 0.5) is 0 Å². The lowest BCUT2D eigenvalue weighted by Gasteiger charge is -2.16. The molecule has 0 aliphatic carbocycles. The number of aliphatic carboxylic acids is 1. The van der Waals surface area contributed by atoms with Crippen molar-refractivity contribution in [1.82, 2.24) is 14.7 Å². The Bertz CT molecular complexity index is 808. The van der Waals surface area contributed by atoms with Crippen molar-refractivity contribution in [3.63, 3.8) is 0 Å². The molecule has 1 heterocycles. The van der Waals surface area contributed by atoms with Crippen LogP contribution in [0.5, 0.6) is 5.75 Å². The molecular weight excluding hydrogens is 402 g/mol. The van der Waals surface area contributed by atoms with Gasteiger partial charge in [-0.15, -0.1) is 0 Å². The Morgan fingerprint density at radius 2 is 2.25 bits per heavy atom. The molecule has 24 heavy (non-hydrogen) atoms. The van der Waals surface area contributed by atoms with Crippen LogP contribution in [0.15, 0.2) is 40.1 Å². The van der Waals surface area contributed by atoms with Gasteiger partial charge in [-0.25, -0.2) is 13.4 Å². The normalized spacial score (nSPS) is 12.8. The number of carbonyl (C=O) groups is 1. The van der Waals surface area contributed by atoms with Crippen molar-refractivity contribution in [2.24, 2.45) is 0 Å². The molecule has 0 amide bonds. The zero-order valence-electron chi connectivity index (χ0n) is 12.7. The molecule has 1 atom stereocenters. The van der Waals surface area contributed by atoms with Gasteiger partial charge in [-0.1, -0.05) is 15.9 Å². The second kappa shape index (κ2) is 7.77. The van der Waals surface area contributed by atoms with E-state index in [0.29, 0.717) is 10.2 Å². The molecule has 3 N–H and O–H groups in total. The zero-order chi connectivity index (χ0) is 17.7. The van der Waals surface area contributed by atoms with Crippen LogP contribution in [0.3, 0.4) is 0 Å². The zero-order valence-corrected chi connectivity index (χ0v) is 15.1. The third-order valence-corrected chi connectivity index (χ3v) is 5.06. The van der Waals surface area contributed by atoms with Gasteiger partial charge in [0.15, 0.2) is 0 Å². The fourth-order valence-corrected chi connectivity index (χ4v) is 3.89. The fourth-order valence-electron chi connectivity index (χ4n) is 2.01. The topological polar surface area (TPSA) is 121 Å². The minimum atomic E-state index is -4.10. The average molecular weight is 418 g/mol. The molecule has 0 radical (unpaired) electrons. The van der Waals surface area contributed by atoms with E-state index in [2.05, 4.69) is 30.6 Å². The van der Waals surface area contributed by atoms with Gasteiger partial charge in [-0.3, -0.25) is 4.79 Å². The van der Waals surface area contributed by atoms with E-state index < -0.39 is 22.0 Å². The van der Waals surface area contributed by atoms with Crippen LogP contribution < -0.4 is 9.46 Å². The molecule has 0 aliphatic heterocycles. The van der Waals surface area contributed by atoms with Crippen LogP contribution >= 0.6 is 15.9 Å². The number of hydrogen-bond acceptors (Lipinski definition) is 5. The maximum Gasteiger partial charge on any atom is 0.322 e. The van der Waals surface area contributed by atoms with Gasteiger partial charge in [0, 0.05) is 22.8 Å². The highest BCUT2D eigenvalue weighted by molar-refractivity contribution is 9.10. The average Bonchev–Trinajstić information content (AvgIpc) is 3.01. The molecule has 2 rings (SSSR count). The van der Waals surface area contributed by atoms with E-state index in [0.717, 1.165) is 0 Å². The van der Waals surface area contributed by atoms with Gasteiger partial charge in [0.25, 0.3) is 0 Å². The lowest BCUT2D eigenvalue weighted by atomic mass is 10.2. The van der Waals surface area contributed by atoms with Crippen molar-refractivity contribution in [3.05, 3.63) is 40.9 Å². The first-order valence-corrected chi connectivity index (χ1v) is 9.26. The number of carboxylic acids is 1. The van der Waals surface area contributed by atoms with Crippen LogP contribution in [0, 0.1) is 0 Å². The summed E-state index contributed by atoms with van der Waals surface area (Å²) in [4.78, 5) is 17.8. The number of carboxylic acid groups (broad SMARTS) is 1. The number of aromatic amines is 1. The van der Waals surface area contributed by atoms with E-state index in [-0.39, 0.29) is 23.7 Å². The van der Waals surface area contributed by atoms with Gasteiger partial charge >= 0.3 is 5.97 Å². The van der Waals surface area contributed by atoms with Gasteiger partial charge in [0.2, 0.25) is 10.0 Å². The molecule has 0 fully saturated rings. The minimum absolute atomic E-state index is 0.0630. The van der Waals surface area contributed by atoms with Crippen molar-refractivity contribution in [2.75, 3.05) is 6.61 Å². The first-order valence-electron chi connectivity index (χ1n) is 6.98. The van der Waals surface area contributed by atoms with E-state index in [1.54, 1.807) is 13.0 Å². The first kappa shape index (κ1) is 18.4. The van der Waals surface area contributed by atoms with E-state index in [1.165, 1.54) is 24.7 Å². The number of rotatable bonds is 8. The number of nitrogens with one attached hydrogen (secondary N) is 2. The summed E-state index contributed by atoms with van der Waals surface area (Å²) in [6.45, 7) is 2.00. The Balaban J connectivity index is 2.31. The van der Waals surface area contributed by atoms with Crippen molar-refractivity contribution in [3.8, 4) is 5.75 Å². The van der Waals surface area contributed by atoms with E-state index in [1.807, 2.05) is 0 Å². The number of imidazole rings is 1. The van der Waals surface area contributed by atoms with Crippen molar-refractivity contribution in [1.29, 1.82) is 0 Å². The van der Waals surface area contributed by atoms with Crippen LogP contribution in [0.2, 0.25) is 0 Å². The number of halogens is 1. The molecule has 1 aromatic heterocycles. The molecule has 10 heteroatoms. The van der Waals surface area contributed by atoms with Crippen molar-refractivity contribution >= 4 is 31.9 Å². The molecule has 0 spiro atoms. The molecule has 0 saturated carbocycles. The lowest BCUT2D eigenvalue weighted by molar-refractivity contribution is -0.138. The minimum Gasteiger partial charge on any atom is -0.492 e. The van der Waals surface area contributed by atoms with E-state index in [4.69, 9.17) is 4.74 Å². The second-order valence-electron chi connectivity index (χ2n) is 4.82. The van der Waals surface area contributed by atoms with Gasteiger partial charge in [-0.2, -0.15) is 4.72 Å². The highest BCUT2D eigenvalue weighted by atomic mass is 79.9. The molecule has 8 nitrogen and oxygen atoms in total. The van der Waals surface area contributed by atoms with Gasteiger partial charge in [0.05, 0.1) is 12.9 Å². The molecule has 130 valence electrons. The largest absolute Gasteiger partial charge is 0.492 e. The molecule has 1 aromatic carbocycles. The maximum absolute atomic E-state index is 12.6. The SMILES string of the molecule is CCOc1ccc(Br)cc1S(=O)(=O)NC(Cc1cnc[nH]1)C(=O)O. The Kier molecular flexibility index (Phi) is 5.97. The highest BCUT2D eigenvalue weighted by Crippen LogP contribution is 2.27. The summed E-state index contributed by atoms with van der Waals surface area (Å²) in [5.74, 6) is -1.14. The summed E-state index contributed by atoms with van der Waals surface area (Å²) in [5, 5.41) is 9.31. The summed E-state index contributed by atoms with van der Waals surface area (Å²) in [7, 11) is -4.10. The van der Waals surface area contributed by atoms with Crippen LogP contribution in [-0.4, -0.2) is 42.1 Å². The number of ether oxygens (including phenoxy) is 1. The van der Waals surface area contributed by atoms with E-state index >= 15 is 0 Å². The Morgan fingerprint density at radius 1 is 1.50 bits per heavy atom. The smallest absolute Gasteiger partial charge is 0.322 e. The van der Waals surface area contributed by atoms with Crippen LogP contribution in [0.1, 0.15) is 12.6 Å². The third kappa shape index (κ3) is 4.56. The summed E-state index contributed by atoms with van der Waals surface area (Å²) >= 11 is 3.21. The quantitative estimate of drug-likeness (QED) is 0.598. The summed E-state index contributed by atoms with van der Waals surface area (Å²) in [5.41, 5.74) is 0.504. The molecule has 0 saturated heterocycles. The van der Waals surface area contributed by atoms with Gasteiger partial charge < -0.3 is 14.8 Å². The number of benzene rings is 1. The van der Waals surface area contributed by atoms with Crippen LogP contribution in [0.25, 0.3) is 0 Å². The third-order valence-electron chi connectivity index (χ3n) is 3.07. The summed E-state index contributed by atoms with van der Waals surface area (Å²) in [6, 6.07) is 3.17. The predicted octanol–water partition coefficient (Wildman–Crippen LogP) is 1.55. The first-order chi connectivity index (χ1) is 11.3. The molecular formula is C14H16BrN3O5S. The number of aromatic nitrogens is 2. The molecule has 0 bridgehead atoms. The highest BCUT2D eigenvalue weighted by Gasteiger charge is 2.28. The van der Waals surface area contributed by atoms with Gasteiger partial charge in [0.1, 0.15) is 16.7 Å². The van der Waals surface area contributed by atoms with Crippen molar-refractivity contribution < 1.29 is 23.1 Å². The standard InChI is InChI=1S/C14H16BrN3O5S/c1-2-23-12-4-3-9(15)5-13(12)24(21,22)18-11(14(19)20)6-10-7-16-8-17-10/h3-5,7-8,11,18H,2,6H2,1H3,(H,16,17)(H,19,20). The molecule has 1 unspecified atom stereocenters. The fraction of sp³-hybridized carbons (Fsp3) is 0.286. The Hall–Kier alpha value is -1.91. The predicted molar refractivity (Wildman–Crippen MR) is 89.3 cm³/mol. The Morgan fingerprint density at radius 3 is 2.83 bits per heavy atom. The number of hydrogen-bond donors (Lipinski definition) is 3. The van der Waals surface area contributed by atoms with Crippen LogP contribution in [-0.2, 0) is 21.2 Å². The molecule has 2 aromatic rings. The number of H-pyrrole nitrogens is 1. The molecule has 0 aliphatic rings. The monoisotopic (exact) mass is 417 g/mol. The lowest BCUT2D eigenvalue weighted by Crippen LogP contribution is -2.42.